The SMILES string of the molecule is NC(N)=NCCCCNCc1cccc2ccccc12. The van der Waals surface area contributed by atoms with Gasteiger partial charge in [-0.3, -0.25) is 4.99 Å². The van der Waals surface area contributed by atoms with Gasteiger partial charge < -0.3 is 16.8 Å². The summed E-state index contributed by atoms with van der Waals surface area (Å²) in [6.45, 7) is 2.57. The first-order valence-corrected chi connectivity index (χ1v) is 7.00. The summed E-state index contributed by atoms with van der Waals surface area (Å²) in [6, 6.07) is 14.9. The van der Waals surface area contributed by atoms with Gasteiger partial charge in [-0.15, -0.1) is 0 Å². The summed E-state index contributed by atoms with van der Waals surface area (Å²) in [5, 5.41) is 6.08. The molecule has 0 saturated heterocycles. The average Bonchev–Trinajstić information content (AvgIpc) is 2.46. The molecule has 0 aliphatic carbocycles. The van der Waals surface area contributed by atoms with E-state index in [1.807, 2.05) is 0 Å². The number of benzene rings is 2. The molecule has 0 unspecified atom stereocenters. The summed E-state index contributed by atoms with van der Waals surface area (Å²) < 4.78 is 0. The molecule has 0 amide bonds. The predicted molar refractivity (Wildman–Crippen MR) is 85.6 cm³/mol. The van der Waals surface area contributed by atoms with E-state index in [9.17, 15) is 0 Å². The van der Waals surface area contributed by atoms with Gasteiger partial charge in [0, 0.05) is 13.1 Å². The molecule has 2 aromatic carbocycles. The van der Waals surface area contributed by atoms with Crippen LogP contribution in [-0.4, -0.2) is 19.0 Å². The molecule has 4 nitrogen and oxygen atoms in total. The summed E-state index contributed by atoms with van der Waals surface area (Å²) in [6.07, 6.45) is 2.07. The molecule has 0 spiro atoms. The van der Waals surface area contributed by atoms with Crippen molar-refractivity contribution in [3.63, 3.8) is 0 Å². The first-order chi connectivity index (χ1) is 9.77. The highest BCUT2D eigenvalue weighted by atomic mass is 15.0. The van der Waals surface area contributed by atoms with Crippen LogP contribution >= 0.6 is 0 Å². The quantitative estimate of drug-likeness (QED) is 0.409. The van der Waals surface area contributed by atoms with Gasteiger partial charge in [-0.05, 0) is 35.7 Å². The third-order valence-corrected chi connectivity index (χ3v) is 3.25. The number of nitrogens with zero attached hydrogens (tertiary/aromatic N) is 1. The predicted octanol–water partition coefficient (Wildman–Crippen LogP) is 1.98. The first kappa shape index (κ1) is 14.3. The second-order valence-electron chi connectivity index (χ2n) is 4.83. The van der Waals surface area contributed by atoms with Crippen molar-refractivity contribution >= 4 is 16.7 Å². The zero-order valence-corrected chi connectivity index (χ0v) is 11.7. The molecule has 0 aromatic heterocycles. The Kier molecular flexibility index (Phi) is 5.38. The van der Waals surface area contributed by atoms with Crippen LogP contribution in [0.25, 0.3) is 10.8 Å². The Labute approximate surface area is 119 Å². The standard InChI is InChI=1S/C16H22N4/c17-16(18)20-11-4-3-10-19-12-14-8-5-7-13-6-1-2-9-15(13)14/h1-2,5-9,19H,3-4,10-12H2,(H4,17,18,20). The molecule has 0 heterocycles. The summed E-state index contributed by atoms with van der Waals surface area (Å²) in [5.41, 5.74) is 11.9. The van der Waals surface area contributed by atoms with E-state index in [0.29, 0.717) is 6.54 Å². The Morgan fingerprint density at radius 3 is 2.65 bits per heavy atom. The van der Waals surface area contributed by atoms with Crippen LogP contribution in [0.4, 0.5) is 0 Å². The molecule has 2 aromatic rings. The van der Waals surface area contributed by atoms with E-state index in [1.165, 1.54) is 16.3 Å². The van der Waals surface area contributed by atoms with Gasteiger partial charge >= 0.3 is 0 Å². The third kappa shape index (κ3) is 4.24. The van der Waals surface area contributed by atoms with Crippen molar-refractivity contribution in [1.82, 2.24) is 5.32 Å². The number of nitrogens with one attached hydrogen (secondary N) is 1. The normalized spacial score (nSPS) is 10.6. The number of nitrogens with two attached hydrogens (primary N) is 2. The van der Waals surface area contributed by atoms with Crippen LogP contribution < -0.4 is 16.8 Å². The Balaban J connectivity index is 1.77. The van der Waals surface area contributed by atoms with Gasteiger partial charge in [-0.25, -0.2) is 0 Å². The van der Waals surface area contributed by atoms with Crippen molar-refractivity contribution in [1.29, 1.82) is 0 Å². The number of hydrogen-bond donors (Lipinski definition) is 3. The van der Waals surface area contributed by atoms with E-state index in [0.717, 1.165) is 25.9 Å². The maximum atomic E-state index is 5.27. The minimum absolute atomic E-state index is 0.175. The highest BCUT2D eigenvalue weighted by molar-refractivity contribution is 5.85. The van der Waals surface area contributed by atoms with Crippen molar-refractivity contribution in [3.8, 4) is 0 Å². The van der Waals surface area contributed by atoms with E-state index in [-0.39, 0.29) is 5.96 Å². The molecular formula is C16H22N4. The third-order valence-electron chi connectivity index (χ3n) is 3.25. The molecule has 0 saturated carbocycles. The highest BCUT2D eigenvalue weighted by Crippen LogP contribution is 2.18. The first-order valence-electron chi connectivity index (χ1n) is 7.00. The van der Waals surface area contributed by atoms with Crippen molar-refractivity contribution in [3.05, 3.63) is 48.0 Å². The average molecular weight is 270 g/mol. The van der Waals surface area contributed by atoms with Crippen LogP contribution in [0, 0.1) is 0 Å². The Hall–Kier alpha value is -2.07. The summed E-state index contributed by atoms with van der Waals surface area (Å²) in [5.74, 6) is 0.175. The zero-order valence-electron chi connectivity index (χ0n) is 11.7. The van der Waals surface area contributed by atoms with E-state index in [2.05, 4.69) is 52.8 Å². The zero-order chi connectivity index (χ0) is 14.2. The molecule has 0 aliphatic rings. The number of hydrogen-bond acceptors (Lipinski definition) is 2. The number of fused-ring (bicyclic) bond motifs is 1. The molecule has 106 valence electrons. The second-order valence-corrected chi connectivity index (χ2v) is 4.83. The Morgan fingerprint density at radius 2 is 1.80 bits per heavy atom. The summed E-state index contributed by atoms with van der Waals surface area (Å²) >= 11 is 0. The van der Waals surface area contributed by atoms with Gasteiger partial charge in [0.15, 0.2) is 5.96 Å². The number of unbranched alkanes of at least 4 members (excludes halogenated alkanes) is 1. The summed E-state index contributed by atoms with van der Waals surface area (Å²) in [7, 11) is 0. The molecule has 2 rings (SSSR count). The topological polar surface area (TPSA) is 76.4 Å². The second kappa shape index (κ2) is 7.50. The molecule has 4 heteroatoms. The summed E-state index contributed by atoms with van der Waals surface area (Å²) in [4.78, 5) is 3.97. The Bertz CT molecular complexity index is 568. The largest absolute Gasteiger partial charge is 0.370 e. The fraction of sp³-hybridized carbons (Fsp3) is 0.312. The number of guanidine groups is 1. The monoisotopic (exact) mass is 270 g/mol. The lowest BCUT2D eigenvalue weighted by Gasteiger charge is -2.08. The number of aliphatic imine (C=N–C) groups is 1. The van der Waals surface area contributed by atoms with Crippen LogP contribution in [0.15, 0.2) is 47.5 Å². The maximum absolute atomic E-state index is 5.27. The lowest BCUT2D eigenvalue weighted by molar-refractivity contribution is 0.629. The van der Waals surface area contributed by atoms with Crippen LogP contribution in [-0.2, 0) is 6.54 Å². The lowest BCUT2D eigenvalue weighted by atomic mass is 10.0. The van der Waals surface area contributed by atoms with Gasteiger partial charge in [0.2, 0.25) is 0 Å². The van der Waals surface area contributed by atoms with Crippen LogP contribution in [0.3, 0.4) is 0 Å². The maximum Gasteiger partial charge on any atom is 0.185 e. The Morgan fingerprint density at radius 1 is 1.00 bits per heavy atom. The molecule has 0 fully saturated rings. The molecule has 20 heavy (non-hydrogen) atoms. The van der Waals surface area contributed by atoms with Gasteiger partial charge in [-0.1, -0.05) is 42.5 Å². The van der Waals surface area contributed by atoms with Crippen molar-refractivity contribution < 1.29 is 0 Å². The van der Waals surface area contributed by atoms with E-state index in [4.69, 9.17) is 11.5 Å². The van der Waals surface area contributed by atoms with Gasteiger partial charge in [0.1, 0.15) is 0 Å². The van der Waals surface area contributed by atoms with Gasteiger partial charge in [0.05, 0.1) is 0 Å². The molecule has 0 radical (unpaired) electrons. The highest BCUT2D eigenvalue weighted by Gasteiger charge is 1.99. The fourth-order valence-electron chi connectivity index (χ4n) is 2.24. The van der Waals surface area contributed by atoms with Crippen molar-refractivity contribution in [2.24, 2.45) is 16.5 Å². The van der Waals surface area contributed by atoms with Gasteiger partial charge in [0.25, 0.3) is 0 Å². The minimum atomic E-state index is 0.175. The van der Waals surface area contributed by atoms with E-state index >= 15 is 0 Å². The molecular weight excluding hydrogens is 248 g/mol. The van der Waals surface area contributed by atoms with Crippen molar-refractivity contribution in [2.45, 2.75) is 19.4 Å². The fourth-order valence-corrected chi connectivity index (χ4v) is 2.24. The van der Waals surface area contributed by atoms with Crippen LogP contribution in [0.2, 0.25) is 0 Å². The minimum Gasteiger partial charge on any atom is -0.370 e. The lowest BCUT2D eigenvalue weighted by Crippen LogP contribution is -2.23. The van der Waals surface area contributed by atoms with E-state index < -0.39 is 0 Å². The van der Waals surface area contributed by atoms with Crippen molar-refractivity contribution in [2.75, 3.05) is 13.1 Å². The number of rotatable bonds is 7. The molecule has 5 N–H and O–H groups in total. The van der Waals surface area contributed by atoms with Crippen LogP contribution in [0.5, 0.6) is 0 Å². The molecule has 0 bridgehead atoms. The van der Waals surface area contributed by atoms with Gasteiger partial charge in [-0.2, -0.15) is 0 Å². The molecule has 0 atom stereocenters. The molecule has 0 aliphatic heterocycles. The van der Waals surface area contributed by atoms with E-state index in [1.54, 1.807) is 0 Å². The van der Waals surface area contributed by atoms with Crippen LogP contribution in [0.1, 0.15) is 18.4 Å². The smallest absolute Gasteiger partial charge is 0.185 e.